The van der Waals surface area contributed by atoms with Crippen molar-refractivity contribution < 1.29 is 9.84 Å². The molecule has 1 aliphatic carbocycles. The molecule has 0 radical (unpaired) electrons. The van der Waals surface area contributed by atoms with E-state index in [0.717, 1.165) is 19.4 Å². The molecule has 0 saturated carbocycles. The van der Waals surface area contributed by atoms with Crippen LogP contribution in [-0.4, -0.2) is 32.0 Å². The van der Waals surface area contributed by atoms with Crippen molar-refractivity contribution in [1.82, 2.24) is 5.32 Å². The maximum Gasteiger partial charge on any atom is 0.0675 e. The highest BCUT2D eigenvalue weighted by molar-refractivity contribution is 5.38. The van der Waals surface area contributed by atoms with Gasteiger partial charge in [-0.15, -0.1) is 0 Å². The van der Waals surface area contributed by atoms with E-state index in [4.69, 9.17) is 4.74 Å². The lowest BCUT2D eigenvalue weighted by molar-refractivity contribution is 0.137. The Balaban J connectivity index is 2.17. The van der Waals surface area contributed by atoms with Gasteiger partial charge in [0.1, 0.15) is 0 Å². The van der Waals surface area contributed by atoms with Crippen LogP contribution in [0.3, 0.4) is 0 Å². The van der Waals surface area contributed by atoms with Crippen molar-refractivity contribution in [2.75, 3.05) is 26.9 Å². The molecular weight excluding hydrogens is 202 g/mol. The molecule has 1 aromatic carbocycles. The number of hydrogen-bond donors (Lipinski definition) is 2. The zero-order valence-electron chi connectivity index (χ0n) is 9.70. The largest absolute Gasteiger partial charge is 0.394 e. The van der Waals surface area contributed by atoms with Crippen molar-refractivity contribution >= 4 is 0 Å². The van der Waals surface area contributed by atoms with E-state index in [-0.39, 0.29) is 12.1 Å². The minimum absolute atomic E-state index is 0.147. The standard InChI is InChI=1S/C13H19NO2/c1-16-9-8-14-13(10-15)7-6-11-4-2-3-5-12(11)13/h2-5,14-15H,6-10H2,1H3. The molecule has 0 saturated heterocycles. The highest BCUT2D eigenvalue weighted by atomic mass is 16.5. The van der Waals surface area contributed by atoms with Gasteiger partial charge in [-0.1, -0.05) is 24.3 Å². The van der Waals surface area contributed by atoms with Crippen LogP contribution < -0.4 is 5.32 Å². The molecule has 3 heteroatoms. The first kappa shape index (κ1) is 11.6. The van der Waals surface area contributed by atoms with E-state index in [0.29, 0.717) is 6.61 Å². The molecule has 0 aromatic heterocycles. The minimum atomic E-state index is -0.255. The SMILES string of the molecule is COCCNC1(CO)CCc2ccccc21. The lowest BCUT2D eigenvalue weighted by Crippen LogP contribution is -2.45. The number of nitrogens with one attached hydrogen (secondary N) is 1. The number of aryl methyl sites for hydroxylation is 1. The number of rotatable bonds is 5. The normalized spacial score (nSPS) is 23.4. The molecule has 0 heterocycles. The number of benzene rings is 1. The average molecular weight is 221 g/mol. The Morgan fingerprint density at radius 1 is 1.44 bits per heavy atom. The van der Waals surface area contributed by atoms with Crippen molar-refractivity contribution in [2.24, 2.45) is 0 Å². The minimum Gasteiger partial charge on any atom is -0.394 e. The molecule has 3 nitrogen and oxygen atoms in total. The zero-order valence-corrected chi connectivity index (χ0v) is 9.70. The third-order valence-electron chi connectivity index (χ3n) is 3.39. The van der Waals surface area contributed by atoms with Crippen LogP contribution in [0.5, 0.6) is 0 Å². The van der Waals surface area contributed by atoms with Crippen LogP contribution >= 0.6 is 0 Å². The Kier molecular flexibility index (Phi) is 3.59. The summed E-state index contributed by atoms with van der Waals surface area (Å²) in [7, 11) is 1.69. The molecule has 2 N–H and O–H groups in total. The van der Waals surface area contributed by atoms with Gasteiger partial charge in [0.2, 0.25) is 0 Å². The van der Waals surface area contributed by atoms with Gasteiger partial charge in [-0.25, -0.2) is 0 Å². The molecule has 88 valence electrons. The van der Waals surface area contributed by atoms with Crippen LogP contribution in [0.1, 0.15) is 17.5 Å². The van der Waals surface area contributed by atoms with Crippen LogP contribution in [0.15, 0.2) is 24.3 Å². The number of aliphatic hydroxyl groups excluding tert-OH is 1. The third kappa shape index (κ3) is 1.98. The molecule has 0 amide bonds. The molecular formula is C13H19NO2. The summed E-state index contributed by atoms with van der Waals surface area (Å²) in [6, 6.07) is 8.34. The van der Waals surface area contributed by atoms with Crippen molar-refractivity contribution in [2.45, 2.75) is 18.4 Å². The van der Waals surface area contributed by atoms with Crippen LogP contribution in [-0.2, 0) is 16.7 Å². The summed E-state index contributed by atoms with van der Waals surface area (Å²) in [5.41, 5.74) is 2.34. The second-order valence-electron chi connectivity index (χ2n) is 4.32. The second-order valence-corrected chi connectivity index (χ2v) is 4.32. The number of methoxy groups -OCH3 is 1. The van der Waals surface area contributed by atoms with Gasteiger partial charge in [-0.05, 0) is 24.0 Å². The van der Waals surface area contributed by atoms with E-state index in [1.54, 1.807) is 7.11 Å². The van der Waals surface area contributed by atoms with E-state index < -0.39 is 0 Å². The smallest absolute Gasteiger partial charge is 0.0675 e. The summed E-state index contributed by atoms with van der Waals surface area (Å²) in [6.07, 6.45) is 2.00. The van der Waals surface area contributed by atoms with Crippen LogP contribution in [0.2, 0.25) is 0 Å². The van der Waals surface area contributed by atoms with Crippen LogP contribution in [0, 0.1) is 0 Å². The fourth-order valence-corrected chi connectivity index (χ4v) is 2.48. The topological polar surface area (TPSA) is 41.5 Å². The first-order chi connectivity index (χ1) is 7.82. The molecule has 0 spiro atoms. The maximum atomic E-state index is 9.66. The average Bonchev–Trinajstić information content (AvgIpc) is 2.70. The summed E-state index contributed by atoms with van der Waals surface area (Å²) >= 11 is 0. The molecule has 1 unspecified atom stereocenters. The summed E-state index contributed by atoms with van der Waals surface area (Å²) in [6.45, 7) is 1.59. The summed E-state index contributed by atoms with van der Waals surface area (Å²) in [4.78, 5) is 0. The van der Waals surface area contributed by atoms with Crippen molar-refractivity contribution in [1.29, 1.82) is 0 Å². The van der Waals surface area contributed by atoms with Gasteiger partial charge in [0.15, 0.2) is 0 Å². The number of ether oxygens (including phenoxy) is 1. The van der Waals surface area contributed by atoms with Gasteiger partial charge in [0.25, 0.3) is 0 Å². The molecule has 2 rings (SSSR count). The summed E-state index contributed by atoms with van der Waals surface area (Å²) in [5, 5.41) is 13.1. The first-order valence-corrected chi connectivity index (χ1v) is 5.75. The number of hydrogen-bond acceptors (Lipinski definition) is 3. The maximum absolute atomic E-state index is 9.66. The zero-order chi connectivity index (χ0) is 11.4. The predicted molar refractivity (Wildman–Crippen MR) is 63.4 cm³/mol. The Morgan fingerprint density at radius 2 is 2.25 bits per heavy atom. The van der Waals surface area contributed by atoms with E-state index in [1.165, 1.54) is 11.1 Å². The fraction of sp³-hybridized carbons (Fsp3) is 0.538. The first-order valence-electron chi connectivity index (χ1n) is 5.75. The quantitative estimate of drug-likeness (QED) is 0.730. The molecule has 0 aliphatic heterocycles. The van der Waals surface area contributed by atoms with E-state index in [9.17, 15) is 5.11 Å². The molecule has 16 heavy (non-hydrogen) atoms. The number of fused-ring (bicyclic) bond motifs is 1. The van der Waals surface area contributed by atoms with Gasteiger partial charge in [-0.2, -0.15) is 0 Å². The van der Waals surface area contributed by atoms with Crippen LogP contribution in [0.25, 0.3) is 0 Å². The van der Waals surface area contributed by atoms with Crippen molar-refractivity contribution in [3.63, 3.8) is 0 Å². The molecule has 1 aliphatic rings. The van der Waals surface area contributed by atoms with Gasteiger partial charge >= 0.3 is 0 Å². The van der Waals surface area contributed by atoms with Gasteiger partial charge in [0.05, 0.1) is 18.8 Å². The number of aliphatic hydroxyl groups is 1. The van der Waals surface area contributed by atoms with Crippen molar-refractivity contribution in [3.05, 3.63) is 35.4 Å². The lowest BCUT2D eigenvalue weighted by atomic mass is 9.93. The van der Waals surface area contributed by atoms with Crippen molar-refractivity contribution in [3.8, 4) is 0 Å². The molecule has 1 atom stereocenters. The van der Waals surface area contributed by atoms with Gasteiger partial charge in [-0.3, -0.25) is 0 Å². The third-order valence-corrected chi connectivity index (χ3v) is 3.39. The van der Waals surface area contributed by atoms with E-state index >= 15 is 0 Å². The Labute approximate surface area is 96.4 Å². The highest BCUT2D eigenvalue weighted by Gasteiger charge is 2.37. The Hall–Kier alpha value is -0.900. The Bertz CT molecular complexity index is 354. The monoisotopic (exact) mass is 221 g/mol. The highest BCUT2D eigenvalue weighted by Crippen LogP contribution is 2.36. The Morgan fingerprint density at radius 3 is 3.00 bits per heavy atom. The van der Waals surface area contributed by atoms with Gasteiger partial charge < -0.3 is 15.2 Å². The summed E-state index contributed by atoms with van der Waals surface area (Å²) < 4.78 is 5.03. The molecule has 0 bridgehead atoms. The lowest BCUT2D eigenvalue weighted by Gasteiger charge is -2.29. The molecule has 1 aromatic rings. The van der Waals surface area contributed by atoms with Crippen LogP contribution in [0.4, 0.5) is 0 Å². The van der Waals surface area contributed by atoms with Gasteiger partial charge in [0, 0.05) is 13.7 Å². The summed E-state index contributed by atoms with van der Waals surface area (Å²) in [5.74, 6) is 0. The second kappa shape index (κ2) is 4.95. The molecule has 0 fully saturated rings. The van der Waals surface area contributed by atoms with E-state index in [2.05, 4.69) is 23.5 Å². The van der Waals surface area contributed by atoms with E-state index in [1.807, 2.05) is 6.07 Å². The fourth-order valence-electron chi connectivity index (χ4n) is 2.48. The predicted octanol–water partition coefficient (Wildman–Crippen LogP) is 1.06.